The molecule has 10 heteroatoms. The summed E-state index contributed by atoms with van der Waals surface area (Å²) in [5, 5.41) is 25.0. The first-order chi connectivity index (χ1) is 16.7. The Hall–Kier alpha value is -2.79. The number of aliphatic hydroxyl groups is 1. The molecule has 1 fully saturated rings. The van der Waals surface area contributed by atoms with Gasteiger partial charge in [0.15, 0.2) is 0 Å². The molecule has 1 heterocycles. The molecule has 0 spiro atoms. The van der Waals surface area contributed by atoms with Gasteiger partial charge in [-0.15, -0.1) is 0 Å². The molecule has 4 atom stereocenters. The molecular formula is C25H22Br2N2O6. The van der Waals surface area contributed by atoms with Crippen molar-refractivity contribution in [3.63, 3.8) is 0 Å². The maximum Gasteiger partial charge on any atom is 0.345 e. The van der Waals surface area contributed by atoms with Crippen LogP contribution in [0.25, 0.3) is 0 Å². The van der Waals surface area contributed by atoms with Crippen LogP contribution in [0.2, 0.25) is 0 Å². The van der Waals surface area contributed by atoms with Crippen LogP contribution < -0.4 is 5.06 Å². The number of methoxy groups -OCH3 is 1. The van der Waals surface area contributed by atoms with E-state index in [1.54, 1.807) is 29.3 Å². The van der Waals surface area contributed by atoms with Gasteiger partial charge in [0, 0.05) is 13.9 Å². The lowest BCUT2D eigenvalue weighted by Gasteiger charge is -2.34. The van der Waals surface area contributed by atoms with E-state index < -0.39 is 41.1 Å². The third-order valence-electron chi connectivity index (χ3n) is 6.03. The molecule has 35 heavy (non-hydrogen) atoms. The topological polar surface area (TPSA) is 102 Å². The molecule has 1 aliphatic heterocycles. The fraction of sp³-hybridized carbons (Fsp3) is 0.240. The number of rotatable bonds is 7. The van der Waals surface area contributed by atoms with Gasteiger partial charge in [0.1, 0.15) is 6.10 Å². The van der Waals surface area contributed by atoms with Gasteiger partial charge in [0.2, 0.25) is 12.1 Å². The zero-order chi connectivity index (χ0) is 25.2. The van der Waals surface area contributed by atoms with E-state index >= 15 is 0 Å². The molecule has 0 aromatic heterocycles. The zero-order valence-electron chi connectivity index (χ0n) is 18.6. The lowest BCUT2D eigenvalue weighted by Crippen LogP contribution is -2.55. The molecule has 0 bridgehead atoms. The van der Waals surface area contributed by atoms with Gasteiger partial charge < -0.3 is 9.84 Å². The van der Waals surface area contributed by atoms with E-state index in [-0.39, 0.29) is 0 Å². The van der Waals surface area contributed by atoms with Crippen molar-refractivity contribution in [1.82, 2.24) is 0 Å². The van der Waals surface area contributed by atoms with Crippen molar-refractivity contribution in [3.05, 3.63) is 109 Å². The highest BCUT2D eigenvalue weighted by atomic mass is 79.9. The van der Waals surface area contributed by atoms with Gasteiger partial charge >= 0.3 is 5.97 Å². The summed E-state index contributed by atoms with van der Waals surface area (Å²) in [6.45, 7) is -1.05. The van der Waals surface area contributed by atoms with Crippen LogP contribution in [-0.2, 0) is 14.4 Å². The van der Waals surface area contributed by atoms with Gasteiger partial charge in [-0.2, -0.15) is 0 Å². The third kappa shape index (κ3) is 5.11. The van der Waals surface area contributed by atoms with E-state index in [9.17, 15) is 20.0 Å². The number of nitrogens with zero attached hydrogens (tertiary/aromatic N) is 2. The Morgan fingerprint density at radius 1 is 1.03 bits per heavy atom. The Bertz CT molecular complexity index is 1190. The van der Waals surface area contributed by atoms with Gasteiger partial charge in [-0.05, 0) is 47.5 Å². The standard InChI is InChI=1S/C25H22Br2N2O6/c1-34-24(30)25(31,15-28(32)33)21-22(16-7-11-18(26)12-8-16)29(20-5-3-2-4-6-20)35-23(21)17-9-13-19(27)14-10-17/h2-14,21-23,31H,15H2,1H3/t21-,22-,23+,25-/m1/s1. The van der Waals surface area contributed by atoms with Crippen LogP contribution in [0.15, 0.2) is 87.8 Å². The largest absolute Gasteiger partial charge is 0.467 e. The number of esters is 1. The van der Waals surface area contributed by atoms with Crippen LogP contribution in [-0.4, -0.2) is 35.3 Å². The maximum absolute atomic E-state index is 13.0. The van der Waals surface area contributed by atoms with Crippen molar-refractivity contribution >= 4 is 43.5 Å². The molecule has 8 nitrogen and oxygen atoms in total. The molecule has 0 radical (unpaired) electrons. The molecule has 0 saturated carbocycles. The summed E-state index contributed by atoms with van der Waals surface area (Å²) in [7, 11) is 1.10. The second kappa shape index (κ2) is 10.4. The summed E-state index contributed by atoms with van der Waals surface area (Å²) < 4.78 is 6.56. The highest BCUT2D eigenvalue weighted by Crippen LogP contribution is 2.53. The number of para-hydroxylation sites is 1. The molecule has 4 rings (SSSR count). The van der Waals surface area contributed by atoms with E-state index in [4.69, 9.17) is 9.57 Å². The van der Waals surface area contributed by atoms with Gasteiger partial charge in [0.25, 0.3) is 0 Å². The predicted octanol–water partition coefficient (Wildman–Crippen LogP) is 5.24. The summed E-state index contributed by atoms with van der Waals surface area (Å²) in [5.41, 5.74) is -0.479. The lowest BCUT2D eigenvalue weighted by molar-refractivity contribution is -0.500. The van der Waals surface area contributed by atoms with E-state index in [1.165, 1.54) is 0 Å². The molecule has 3 aromatic carbocycles. The van der Waals surface area contributed by atoms with E-state index in [0.717, 1.165) is 16.1 Å². The van der Waals surface area contributed by atoms with Crippen molar-refractivity contribution in [2.24, 2.45) is 5.92 Å². The van der Waals surface area contributed by atoms with Crippen molar-refractivity contribution in [3.8, 4) is 0 Å². The Kier molecular flexibility index (Phi) is 7.56. The van der Waals surface area contributed by atoms with Crippen LogP contribution >= 0.6 is 31.9 Å². The summed E-state index contributed by atoms with van der Waals surface area (Å²) >= 11 is 6.84. The Morgan fingerprint density at radius 3 is 2.09 bits per heavy atom. The van der Waals surface area contributed by atoms with E-state index in [1.807, 2.05) is 54.6 Å². The number of nitro groups is 1. The third-order valence-corrected chi connectivity index (χ3v) is 7.08. The minimum absolute atomic E-state index is 0.643. The van der Waals surface area contributed by atoms with Gasteiger partial charge in [0.05, 0.1) is 24.8 Å². The van der Waals surface area contributed by atoms with Gasteiger partial charge in [-0.1, -0.05) is 74.3 Å². The number of anilines is 1. The van der Waals surface area contributed by atoms with Crippen molar-refractivity contribution < 1.29 is 24.4 Å². The zero-order valence-corrected chi connectivity index (χ0v) is 21.8. The number of carbonyl (C=O) groups excluding carboxylic acids is 1. The number of benzene rings is 3. The van der Waals surface area contributed by atoms with Crippen LogP contribution in [0.3, 0.4) is 0 Å². The Labute approximate surface area is 218 Å². The van der Waals surface area contributed by atoms with Crippen LogP contribution in [0.4, 0.5) is 5.69 Å². The predicted molar refractivity (Wildman–Crippen MR) is 136 cm³/mol. The minimum atomic E-state index is -2.49. The number of carbonyl (C=O) groups is 1. The van der Waals surface area contributed by atoms with Crippen molar-refractivity contribution in [2.45, 2.75) is 17.7 Å². The summed E-state index contributed by atoms with van der Waals surface area (Å²) in [6.07, 6.45) is -0.902. The van der Waals surface area contributed by atoms with Crippen LogP contribution in [0, 0.1) is 16.0 Å². The molecule has 0 unspecified atom stereocenters. The monoisotopic (exact) mass is 604 g/mol. The first kappa shape index (κ1) is 25.3. The molecule has 1 N–H and O–H groups in total. The summed E-state index contributed by atoms with van der Waals surface area (Å²) in [4.78, 5) is 30.4. The van der Waals surface area contributed by atoms with Gasteiger partial charge in [-0.25, -0.2) is 9.86 Å². The molecule has 182 valence electrons. The van der Waals surface area contributed by atoms with Crippen molar-refractivity contribution in [2.75, 3.05) is 18.7 Å². The fourth-order valence-corrected chi connectivity index (χ4v) is 5.00. The summed E-state index contributed by atoms with van der Waals surface area (Å²) in [5.74, 6) is -2.19. The normalized spacial score (nSPS) is 21.4. The van der Waals surface area contributed by atoms with E-state index in [0.29, 0.717) is 16.8 Å². The Balaban J connectivity index is 1.96. The second-order valence-electron chi connectivity index (χ2n) is 8.17. The molecule has 1 aliphatic rings. The van der Waals surface area contributed by atoms with Crippen molar-refractivity contribution in [1.29, 1.82) is 0 Å². The molecule has 0 aliphatic carbocycles. The average Bonchev–Trinajstić information content (AvgIpc) is 3.26. The number of hydrogen-bond acceptors (Lipinski definition) is 7. The van der Waals surface area contributed by atoms with Gasteiger partial charge in [-0.3, -0.25) is 15.0 Å². The number of halogens is 2. The Morgan fingerprint density at radius 2 is 1.57 bits per heavy atom. The molecule has 1 saturated heterocycles. The first-order valence-corrected chi connectivity index (χ1v) is 12.3. The SMILES string of the molecule is COC(=O)[C@@](O)(C[N+](=O)[O-])[C@@H]1[C@@H](c2ccc(Br)cc2)N(c2ccccc2)O[C@H]1c1ccc(Br)cc1. The smallest absolute Gasteiger partial charge is 0.345 e. The molecule has 0 amide bonds. The minimum Gasteiger partial charge on any atom is -0.467 e. The fourth-order valence-electron chi connectivity index (χ4n) is 4.48. The lowest BCUT2D eigenvalue weighted by atomic mass is 9.74. The summed E-state index contributed by atoms with van der Waals surface area (Å²) in [6, 6.07) is 22.9. The number of hydroxylamine groups is 1. The maximum atomic E-state index is 13.0. The van der Waals surface area contributed by atoms with Crippen LogP contribution in [0.5, 0.6) is 0 Å². The highest BCUT2D eigenvalue weighted by molar-refractivity contribution is 9.10. The first-order valence-electron chi connectivity index (χ1n) is 10.7. The second-order valence-corrected chi connectivity index (χ2v) is 10.00. The molecular weight excluding hydrogens is 584 g/mol. The number of hydrogen-bond donors (Lipinski definition) is 1. The highest BCUT2D eigenvalue weighted by Gasteiger charge is 2.62. The van der Waals surface area contributed by atoms with Crippen LogP contribution in [0.1, 0.15) is 23.3 Å². The average molecular weight is 606 g/mol. The van der Waals surface area contributed by atoms with E-state index in [2.05, 4.69) is 31.9 Å². The molecule has 3 aromatic rings. The quantitative estimate of drug-likeness (QED) is 0.223. The number of ether oxygens (including phenoxy) is 1.